The quantitative estimate of drug-likeness (QED) is 0.237. The van der Waals surface area contributed by atoms with Crippen molar-refractivity contribution in [3.05, 3.63) is 69.3 Å². The van der Waals surface area contributed by atoms with Gasteiger partial charge in [0.1, 0.15) is 17.2 Å². The van der Waals surface area contributed by atoms with Crippen LogP contribution in [0.4, 0.5) is 17.6 Å². The van der Waals surface area contributed by atoms with Crippen LogP contribution in [0.15, 0.2) is 24.3 Å². The molecule has 0 heterocycles. The SMILES string of the molecule is Cc1cc(CC2CCC(CC3CCC(OC(F)(F)c4c(F)cc(CC5CCC(CC6CCC(O)CC6)CC5)cc4F)CC3)CC2)cc(C)c1C. The van der Waals surface area contributed by atoms with E-state index in [1.54, 1.807) is 0 Å². The molecule has 4 aliphatic rings. The highest BCUT2D eigenvalue weighted by molar-refractivity contribution is 5.37. The third-order valence-electron chi connectivity index (χ3n) is 13.6. The van der Waals surface area contributed by atoms with Gasteiger partial charge >= 0.3 is 6.11 Å². The molecular weight excluding hydrogens is 636 g/mol. The molecule has 0 amide bonds. The summed E-state index contributed by atoms with van der Waals surface area (Å²) in [7, 11) is 0. The molecule has 4 aliphatic carbocycles. The summed E-state index contributed by atoms with van der Waals surface area (Å²) in [5.74, 6) is 1.25. The predicted octanol–water partition coefficient (Wildman–Crippen LogP) is 12.2. The summed E-state index contributed by atoms with van der Waals surface area (Å²) in [5, 5.41) is 9.78. The monoisotopic (exact) mass is 698 g/mol. The molecule has 4 saturated carbocycles. The zero-order valence-corrected chi connectivity index (χ0v) is 30.9. The fourth-order valence-corrected chi connectivity index (χ4v) is 10.4. The summed E-state index contributed by atoms with van der Waals surface area (Å²) in [6.45, 7) is 6.61. The molecule has 278 valence electrons. The molecular formula is C44H62F4O2. The van der Waals surface area contributed by atoms with E-state index in [2.05, 4.69) is 32.9 Å². The molecule has 0 saturated heterocycles. The van der Waals surface area contributed by atoms with E-state index in [0.717, 1.165) is 95.1 Å². The number of halogens is 4. The van der Waals surface area contributed by atoms with Crippen LogP contribution in [-0.2, 0) is 23.7 Å². The second-order valence-electron chi connectivity index (χ2n) is 17.4. The first kappa shape index (κ1) is 37.8. The average Bonchev–Trinajstić information content (AvgIpc) is 3.07. The number of rotatable bonds is 11. The fraction of sp³-hybridized carbons (Fsp3) is 0.727. The molecule has 2 aromatic carbocycles. The number of alkyl halides is 2. The van der Waals surface area contributed by atoms with Crippen molar-refractivity contribution in [2.45, 2.75) is 168 Å². The van der Waals surface area contributed by atoms with Crippen LogP contribution in [0.5, 0.6) is 0 Å². The maximum Gasteiger partial charge on any atom is 0.389 e. The van der Waals surface area contributed by atoms with Gasteiger partial charge in [-0.25, -0.2) is 8.78 Å². The van der Waals surface area contributed by atoms with Crippen molar-refractivity contribution in [3.8, 4) is 0 Å². The lowest BCUT2D eigenvalue weighted by atomic mass is 9.73. The molecule has 50 heavy (non-hydrogen) atoms. The first-order valence-corrected chi connectivity index (χ1v) is 20.2. The lowest BCUT2D eigenvalue weighted by Crippen LogP contribution is -2.32. The molecule has 2 aromatic rings. The Labute approximate surface area is 299 Å². The Balaban J connectivity index is 0.917. The molecule has 4 fully saturated rings. The average molecular weight is 699 g/mol. The minimum atomic E-state index is -4.00. The van der Waals surface area contributed by atoms with E-state index in [-0.39, 0.29) is 6.10 Å². The van der Waals surface area contributed by atoms with E-state index >= 15 is 17.6 Å². The Bertz CT molecular complexity index is 1340. The van der Waals surface area contributed by atoms with Gasteiger partial charge in [0.25, 0.3) is 0 Å². The Hall–Kier alpha value is -1.92. The lowest BCUT2D eigenvalue weighted by molar-refractivity contribution is -0.280. The minimum absolute atomic E-state index is 0.129. The molecule has 0 unspecified atom stereocenters. The highest BCUT2D eigenvalue weighted by atomic mass is 19.3. The van der Waals surface area contributed by atoms with Crippen molar-refractivity contribution in [2.24, 2.45) is 35.5 Å². The Morgan fingerprint density at radius 2 is 0.920 bits per heavy atom. The maximum atomic E-state index is 15.3. The highest BCUT2D eigenvalue weighted by Crippen LogP contribution is 2.43. The zero-order chi connectivity index (χ0) is 35.4. The van der Waals surface area contributed by atoms with Crippen molar-refractivity contribution in [1.29, 1.82) is 0 Å². The molecule has 0 bridgehead atoms. The Kier molecular flexibility index (Phi) is 12.7. The van der Waals surface area contributed by atoms with E-state index in [4.69, 9.17) is 4.74 Å². The number of aliphatic hydroxyl groups is 1. The fourth-order valence-electron chi connectivity index (χ4n) is 10.4. The van der Waals surface area contributed by atoms with E-state index < -0.39 is 29.4 Å². The van der Waals surface area contributed by atoms with Crippen LogP contribution in [0.25, 0.3) is 0 Å². The summed E-state index contributed by atoms with van der Waals surface area (Å²) in [4.78, 5) is 0. The topological polar surface area (TPSA) is 29.5 Å². The van der Waals surface area contributed by atoms with Gasteiger partial charge < -0.3 is 9.84 Å². The minimum Gasteiger partial charge on any atom is -0.393 e. The molecule has 0 spiro atoms. The van der Waals surface area contributed by atoms with Crippen molar-refractivity contribution in [2.75, 3.05) is 0 Å². The number of hydrogen-bond donors (Lipinski definition) is 1. The number of aryl methyl sites for hydroxylation is 2. The van der Waals surface area contributed by atoms with Gasteiger partial charge in [-0.15, -0.1) is 0 Å². The van der Waals surface area contributed by atoms with Gasteiger partial charge in [0.15, 0.2) is 0 Å². The second kappa shape index (κ2) is 16.8. The van der Waals surface area contributed by atoms with Crippen LogP contribution in [-0.4, -0.2) is 17.3 Å². The molecule has 0 atom stereocenters. The van der Waals surface area contributed by atoms with Crippen LogP contribution in [0.3, 0.4) is 0 Å². The largest absolute Gasteiger partial charge is 0.393 e. The maximum absolute atomic E-state index is 15.3. The smallest absolute Gasteiger partial charge is 0.389 e. The molecule has 6 heteroatoms. The molecule has 0 radical (unpaired) electrons. The predicted molar refractivity (Wildman–Crippen MR) is 193 cm³/mol. The first-order valence-electron chi connectivity index (χ1n) is 20.2. The number of ether oxygens (including phenoxy) is 1. The van der Waals surface area contributed by atoms with Gasteiger partial charge in [0, 0.05) is 0 Å². The third kappa shape index (κ3) is 9.94. The normalized spacial score (nSPS) is 31.1. The van der Waals surface area contributed by atoms with Crippen molar-refractivity contribution in [1.82, 2.24) is 0 Å². The van der Waals surface area contributed by atoms with Gasteiger partial charge in [-0.05, 0) is 199 Å². The first-order chi connectivity index (χ1) is 23.9. The molecule has 0 aromatic heterocycles. The molecule has 1 N–H and O–H groups in total. The highest BCUT2D eigenvalue weighted by Gasteiger charge is 2.43. The Morgan fingerprint density at radius 3 is 1.36 bits per heavy atom. The molecule has 6 rings (SSSR count). The van der Waals surface area contributed by atoms with E-state index in [1.807, 2.05) is 0 Å². The van der Waals surface area contributed by atoms with Crippen LogP contribution >= 0.6 is 0 Å². The standard InChI is InChI=1S/C44H62F4O2/c1-28-20-37(21-29(2)30(28)3)24-33-8-4-32(5-9-33)23-36-14-18-40(19-15-36)50-44(47,48)43-41(45)26-38(27-42(43)46)25-34-10-6-31(7-11-34)22-35-12-16-39(49)17-13-35/h20-21,26-27,31-36,39-40,49H,4-19,22-25H2,1-3H3. The van der Waals surface area contributed by atoms with Gasteiger partial charge in [-0.1, -0.05) is 37.8 Å². The van der Waals surface area contributed by atoms with Crippen LogP contribution < -0.4 is 0 Å². The van der Waals surface area contributed by atoms with Gasteiger partial charge in [-0.2, -0.15) is 8.78 Å². The zero-order valence-electron chi connectivity index (χ0n) is 30.9. The van der Waals surface area contributed by atoms with E-state index in [1.165, 1.54) is 54.4 Å². The lowest BCUT2D eigenvalue weighted by Gasteiger charge is -2.35. The second-order valence-corrected chi connectivity index (χ2v) is 17.4. The Morgan fingerprint density at radius 1 is 0.560 bits per heavy atom. The number of aliphatic hydroxyl groups excluding tert-OH is 1. The summed E-state index contributed by atoms with van der Waals surface area (Å²) in [5.41, 5.74) is 4.83. The summed E-state index contributed by atoms with van der Waals surface area (Å²) < 4.78 is 66.2. The van der Waals surface area contributed by atoms with Crippen LogP contribution in [0, 0.1) is 67.9 Å². The third-order valence-corrected chi connectivity index (χ3v) is 13.6. The van der Waals surface area contributed by atoms with Gasteiger partial charge in [0.05, 0.1) is 12.2 Å². The van der Waals surface area contributed by atoms with Gasteiger partial charge in [0.2, 0.25) is 0 Å². The number of benzene rings is 2. The van der Waals surface area contributed by atoms with Crippen LogP contribution in [0.2, 0.25) is 0 Å². The summed E-state index contributed by atoms with van der Waals surface area (Å²) in [6, 6.07) is 6.94. The molecule has 2 nitrogen and oxygen atoms in total. The number of hydrogen-bond acceptors (Lipinski definition) is 2. The van der Waals surface area contributed by atoms with Crippen molar-refractivity contribution in [3.63, 3.8) is 0 Å². The summed E-state index contributed by atoms with van der Waals surface area (Å²) in [6.07, 6.45) is 15.2. The van der Waals surface area contributed by atoms with Crippen molar-refractivity contribution >= 4 is 0 Å². The van der Waals surface area contributed by atoms with Crippen molar-refractivity contribution < 1.29 is 27.4 Å². The van der Waals surface area contributed by atoms with Gasteiger partial charge in [-0.3, -0.25) is 0 Å². The summed E-state index contributed by atoms with van der Waals surface area (Å²) >= 11 is 0. The van der Waals surface area contributed by atoms with Crippen LogP contribution in [0.1, 0.15) is 149 Å². The van der Waals surface area contributed by atoms with E-state index in [9.17, 15) is 5.11 Å². The van der Waals surface area contributed by atoms with E-state index in [0.29, 0.717) is 54.4 Å². The molecule has 0 aliphatic heterocycles.